The molecule has 0 spiro atoms. The van der Waals surface area contributed by atoms with E-state index in [0.29, 0.717) is 23.2 Å². The standard InChI is InChI=1S/C33H32N2O2S/c1-21(2)28-18-24(19-29(22(3)4)23(28)5)31-17-16-27(38-31)20-30-32(36)34(25-12-8-6-9-13-25)35(33(30)37)26-14-10-7-11-15-26/h6-22H,1-5H3. The maximum atomic E-state index is 13.7. The molecule has 0 saturated carbocycles. The number of benzene rings is 3. The van der Waals surface area contributed by atoms with E-state index in [0.717, 1.165) is 9.75 Å². The number of hydrogen-bond acceptors (Lipinski definition) is 3. The van der Waals surface area contributed by atoms with Crippen molar-refractivity contribution >= 4 is 40.6 Å². The molecular formula is C33H32N2O2S. The Labute approximate surface area is 228 Å². The minimum absolute atomic E-state index is 0.153. The summed E-state index contributed by atoms with van der Waals surface area (Å²) >= 11 is 1.60. The van der Waals surface area contributed by atoms with Crippen molar-refractivity contribution in [1.82, 2.24) is 0 Å². The average molecular weight is 521 g/mol. The van der Waals surface area contributed by atoms with Crippen molar-refractivity contribution in [2.24, 2.45) is 0 Å². The highest BCUT2D eigenvalue weighted by Crippen LogP contribution is 2.38. The van der Waals surface area contributed by atoms with Crippen LogP contribution in [-0.4, -0.2) is 11.8 Å². The molecule has 1 fully saturated rings. The molecule has 5 rings (SSSR count). The van der Waals surface area contributed by atoms with Crippen LogP contribution in [0.25, 0.3) is 16.5 Å². The van der Waals surface area contributed by atoms with Crippen LogP contribution in [0.2, 0.25) is 0 Å². The lowest BCUT2D eigenvalue weighted by molar-refractivity contribution is -0.116. The van der Waals surface area contributed by atoms with Crippen molar-refractivity contribution in [3.63, 3.8) is 0 Å². The molecule has 3 aromatic carbocycles. The Morgan fingerprint density at radius 2 is 1.16 bits per heavy atom. The van der Waals surface area contributed by atoms with E-state index in [-0.39, 0.29) is 17.4 Å². The molecule has 0 N–H and O–H groups in total. The second-order valence-corrected chi connectivity index (χ2v) is 11.4. The van der Waals surface area contributed by atoms with Crippen molar-refractivity contribution in [2.45, 2.75) is 46.5 Å². The molecule has 1 aliphatic rings. The Kier molecular flexibility index (Phi) is 7.04. The van der Waals surface area contributed by atoms with Gasteiger partial charge in [-0.1, -0.05) is 64.1 Å². The first kappa shape index (κ1) is 25.7. The summed E-state index contributed by atoms with van der Waals surface area (Å²) in [5, 5.41) is 2.92. The molecule has 192 valence electrons. The molecule has 0 aliphatic carbocycles. The van der Waals surface area contributed by atoms with Gasteiger partial charge >= 0.3 is 0 Å². The summed E-state index contributed by atoms with van der Waals surface area (Å²) < 4.78 is 0. The van der Waals surface area contributed by atoms with Gasteiger partial charge in [-0.3, -0.25) is 9.59 Å². The summed E-state index contributed by atoms with van der Waals surface area (Å²) in [7, 11) is 0. The van der Waals surface area contributed by atoms with Crippen molar-refractivity contribution < 1.29 is 9.59 Å². The summed E-state index contributed by atoms with van der Waals surface area (Å²) in [6, 6.07) is 27.2. The van der Waals surface area contributed by atoms with E-state index < -0.39 is 0 Å². The van der Waals surface area contributed by atoms with Crippen molar-refractivity contribution in [3.8, 4) is 10.4 Å². The van der Waals surface area contributed by atoms with Crippen LogP contribution in [0.1, 0.15) is 61.1 Å². The average Bonchev–Trinajstić information content (AvgIpc) is 3.48. The quantitative estimate of drug-likeness (QED) is 0.189. The Bertz CT molecular complexity index is 1430. The Morgan fingerprint density at radius 1 is 0.684 bits per heavy atom. The van der Waals surface area contributed by atoms with Gasteiger partial charge in [-0.2, -0.15) is 0 Å². The van der Waals surface area contributed by atoms with Gasteiger partial charge in [0.2, 0.25) is 0 Å². The van der Waals surface area contributed by atoms with E-state index >= 15 is 0 Å². The maximum Gasteiger partial charge on any atom is 0.283 e. The zero-order chi connectivity index (χ0) is 27.0. The Morgan fingerprint density at radius 3 is 1.61 bits per heavy atom. The molecule has 5 heteroatoms. The molecule has 1 aliphatic heterocycles. The number of amides is 2. The smallest absolute Gasteiger partial charge is 0.267 e. The van der Waals surface area contributed by atoms with Crippen molar-refractivity contribution in [2.75, 3.05) is 10.0 Å². The molecule has 0 atom stereocenters. The number of thiophene rings is 1. The van der Waals surface area contributed by atoms with Crippen molar-refractivity contribution in [3.05, 3.63) is 112 Å². The zero-order valence-corrected chi connectivity index (χ0v) is 23.3. The molecule has 1 aromatic heterocycles. The molecule has 0 bridgehead atoms. The minimum Gasteiger partial charge on any atom is -0.267 e. The van der Waals surface area contributed by atoms with Crippen LogP contribution in [0.5, 0.6) is 0 Å². The first-order valence-corrected chi connectivity index (χ1v) is 13.8. The van der Waals surface area contributed by atoms with E-state index in [9.17, 15) is 9.59 Å². The van der Waals surface area contributed by atoms with Crippen LogP contribution in [0.3, 0.4) is 0 Å². The first-order valence-electron chi connectivity index (χ1n) is 13.0. The van der Waals surface area contributed by atoms with E-state index in [1.165, 1.54) is 32.3 Å². The molecule has 38 heavy (non-hydrogen) atoms. The van der Waals surface area contributed by atoms with Gasteiger partial charge in [0.25, 0.3) is 11.8 Å². The predicted molar refractivity (Wildman–Crippen MR) is 159 cm³/mol. The third kappa shape index (κ3) is 4.70. The van der Waals surface area contributed by atoms with Crippen molar-refractivity contribution in [1.29, 1.82) is 0 Å². The summed E-state index contributed by atoms with van der Waals surface area (Å²) in [4.78, 5) is 29.3. The summed E-state index contributed by atoms with van der Waals surface area (Å²) in [6.07, 6.45) is 1.73. The first-order chi connectivity index (χ1) is 18.3. The summed E-state index contributed by atoms with van der Waals surface area (Å²) in [5.74, 6) is 0.186. The lowest BCUT2D eigenvalue weighted by Crippen LogP contribution is -2.41. The normalized spacial score (nSPS) is 13.8. The lowest BCUT2D eigenvalue weighted by atomic mass is 9.87. The monoisotopic (exact) mass is 520 g/mol. The number of carbonyl (C=O) groups excluding carboxylic acids is 2. The Hall–Kier alpha value is -3.96. The van der Waals surface area contributed by atoms with Crippen LogP contribution in [-0.2, 0) is 9.59 Å². The third-order valence-electron chi connectivity index (χ3n) is 6.98. The molecule has 2 heterocycles. The van der Waals surface area contributed by atoms with E-state index in [1.54, 1.807) is 17.4 Å². The predicted octanol–water partition coefficient (Wildman–Crippen LogP) is 8.35. The second kappa shape index (κ2) is 10.4. The van der Waals surface area contributed by atoms with Gasteiger partial charge in [0.15, 0.2) is 0 Å². The van der Waals surface area contributed by atoms with E-state index in [1.807, 2.05) is 66.7 Å². The van der Waals surface area contributed by atoms with Gasteiger partial charge in [-0.25, -0.2) is 10.0 Å². The molecule has 0 unspecified atom stereocenters. The van der Waals surface area contributed by atoms with Crippen LogP contribution < -0.4 is 10.0 Å². The molecule has 1 saturated heterocycles. The van der Waals surface area contributed by atoms with E-state index in [2.05, 4.69) is 52.8 Å². The molecule has 2 amide bonds. The zero-order valence-electron chi connectivity index (χ0n) is 22.4. The number of hydrazine groups is 1. The maximum absolute atomic E-state index is 13.7. The van der Waals surface area contributed by atoms with Crippen LogP contribution in [0, 0.1) is 6.92 Å². The third-order valence-corrected chi connectivity index (χ3v) is 8.06. The molecule has 4 aromatic rings. The number of carbonyl (C=O) groups is 2. The summed E-state index contributed by atoms with van der Waals surface area (Å²) in [5.41, 5.74) is 6.70. The number of rotatable bonds is 6. The topological polar surface area (TPSA) is 40.6 Å². The highest BCUT2D eigenvalue weighted by atomic mass is 32.1. The largest absolute Gasteiger partial charge is 0.283 e. The fourth-order valence-corrected chi connectivity index (χ4v) is 6.00. The number of anilines is 2. The highest BCUT2D eigenvalue weighted by Gasteiger charge is 2.42. The second-order valence-electron chi connectivity index (χ2n) is 10.3. The minimum atomic E-state index is -0.334. The van der Waals surface area contributed by atoms with Crippen LogP contribution in [0.4, 0.5) is 11.4 Å². The van der Waals surface area contributed by atoms with Crippen LogP contribution in [0.15, 0.2) is 90.5 Å². The van der Waals surface area contributed by atoms with Gasteiger partial charge < -0.3 is 0 Å². The lowest BCUT2D eigenvalue weighted by Gasteiger charge is -2.27. The van der Waals surface area contributed by atoms with Gasteiger partial charge in [0, 0.05) is 9.75 Å². The molecular weight excluding hydrogens is 488 g/mol. The summed E-state index contributed by atoms with van der Waals surface area (Å²) in [6.45, 7) is 11.1. The fraction of sp³-hybridized carbons (Fsp3) is 0.212. The number of nitrogens with zero attached hydrogens (tertiary/aromatic N) is 2. The number of hydrogen-bond donors (Lipinski definition) is 0. The van der Waals surface area contributed by atoms with E-state index in [4.69, 9.17) is 0 Å². The Balaban J connectivity index is 1.55. The van der Waals surface area contributed by atoms with Gasteiger partial charge in [0.1, 0.15) is 5.57 Å². The SMILES string of the molecule is Cc1c(C(C)C)cc(-c2ccc(C=C3C(=O)N(c4ccccc4)N(c4ccccc4)C3=O)s2)cc1C(C)C. The molecule has 0 radical (unpaired) electrons. The van der Waals surface area contributed by atoms with Crippen LogP contribution >= 0.6 is 11.3 Å². The fourth-order valence-electron chi connectivity index (χ4n) is 5.06. The number of para-hydroxylation sites is 2. The highest BCUT2D eigenvalue weighted by molar-refractivity contribution is 7.16. The van der Waals surface area contributed by atoms with Gasteiger partial charge in [0.05, 0.1) is 11.4 Å². The van der Waals surface area contributed by atoms with Gasteiger partial charge in [-0.15, -0.1) is 11.3 Å². The van der Waals surface area contributed by atoms with Gasteiger partial charge in [-0.05, 0) is 95.6 Å². The molecule has 4 nitrogen and oxygen atoms in total.